The van der Waals surface area contributed by atoms with Gasteiger partial charge in [0.15, 0.2) is 0 Å². The quantitative estimate of drug-likeness (QED) is 0.0802. The zero-order valence-electron chi connectivity index (χ0n) is 21.2. The Kier molecular flexibility index (Phi) is 29.2. The molecule has 0 saturated carbocycles. The summed E-state index contributed by atoms with van der Waals surface area (Å²) < 4.78 is 36.9. The second-order valence-electron chi connectivity index (χ2n) is 9.15. The number of hydrogen-bond acceptors (Lipinski definition) is 4. The molecule has 0 aromatic carbocycles. The molecule has 0 amide bonds. The molecule has 0 aliphatic rings. The molecule has 0 N–H and O–H groups in total. The molecule has 0 heterocycles. The van der Waals surface area contributed by atoms with Crippen LogP contribution < -0.4 is 51.4 Å². The normalized spacial score (nSPS) is 12.6. The van der Waals surface area contributed by atoms with Crippen LogP contribution in [0.5, 0.6) is 0 Å². The minimum Gasteiger partial charge on any atom is -0.726 e. The third-order valence-electron chi connectivity index (χ3n) is 6.13. The average Bonchev–Trinajstić information content (AvgIpc) is 2.70. The average molecular weight is 487 g/mol. The zero-order chi connectivity index (χ0) is 22.3. The van der Waals surface area contributed by atoms with Gasteiger partial charge in [0, 0.05) is 0 Å². The summed E-state index contributed by atoms with van der Waals surface area (Å²) in [6.07, 6.45) is 26.7. The summed E-state index contributed by atoms with van der Waals surface area (Å²) in [5, 5.41) is 0. The summed E-state index contributed by atoms with van der Waals surface area (Å²) in [6, 6.07) is 0. The van der Waals surface area contributed by atoms with Gasteiger partial charge in [0.05, 0.1) is 6.61 Å². The van der Waals surface area contributed by atoms with Gasteiger partial charge in [-0.05, 0) is 18.8 Å². The van der Waals surface area contributed by atoms with E-state index in [4.69, 9.17) is 0 Å². The van der Waals surface area contributed by atoms with E-state index >= 15 is 0 Å². The SMILES string of the molecule is CCCCCCCCCCCCCCCCC(CCCCCCC)COS(=O)(=O)[O-].[K+]. The van der Waals surface area contributed by atoms with E-state index in [0.29, 0.717) is 0 Å². The molecule has 182 valence electrons. The number of hydrogen-bond donors (Lipinski definition) is 0. The molecule has 0 radical (unpaired) electrons. The summed E-state index contributed by atoms with van der Waals surface area (Å²) in [4.78, 5) is 0. The van der Waals surface area contributed by atoms with Crippen LogP contribution in [0.4, 0.5) is 0 Å². The van der Waals surface area contributed by atoms with E-state index in [0.717, 1.165) is 25.7 Å². The van der Waals surface area contributed by atoms with Gasteiger partial charge in [-0.3, -0.25) is 4.18 Å². The number of rotatable bonds is 24. The molecule has 0 aromatic rings. The van der Waals surface area contributed by atoms with Crippen LogP contribution >= 0.6 is 0 Å². The summed E-state index contributed by atoms with van der Waals surface area (Å²) in [6.45, 7) is 4.54. The Morgan fingerprint density at radius 3 is 1.16 bits per heavy atom. The van der Waals surface area contributed by atoms with Crippen molar-refractivity contribution in [2.75, 3.05) is 6.61 Å². The molecule has 4 nitrogen and oxygen atoms in total. The maximum absolute atomic E-state index is 10.8. The van der Waals surface area contributed by atoms with Crippen LogP contribution in [0.1, 0.15) is 149 Å². The zero-order valence-corrected chi connectivity index (χ0v) is 25.1. The fraction of sp³-hybridized carbons (Fsp3) is 1.00. The van der Waals surface area contributed by atoms with E-state index in [1.54, 1.807) is 0 Å². The van der Waals surface area contributed by atoms with E-state index in [9.17, 15) is 13.0 Å². The van der Waals surface area contributed by atoms with E-state index in [1.165, 1.54) is 109 Å². The van der Waals surface area contributed by atoms with Crippen molar-refractivity contribution in [2.45, 2.75) is 149 Å². The van der Waals surface area contributed by atoms with E-state index < -0.39 is 10.4 Å². The molecule has 6 heteroatoms. The molecule has 1 atom stereocenters. The van der Waals surface area contributed by atoms with Crippen LogP contribution in [0, 0.1) is 5.92 Å². The molecule has 0 bridgehead atoms. The Balaban J connectivity index is 0. The second-order valence-corrected chi connectivity index (χ2v) is 10.2. The molecule has 0 spiro atoms. The third kappa shape index (κ3) is 29.5. The van der Waals surface area contributed by atoms with Gasteiger partial charge in [-0.2, -0.15) is 0 Å². The molecule has 0 aromatic heterocycles. The summed E-state index contributed by atoms with van der Waals surface area (Å²) in [5.74, 6) is 0.202. The van der Waals surface area contributed by atoms with Crippen molar-refractivity contribution in [2.24, 2.45) is 5.92 Å². The van der Waals surface area contributed by atoms with Gasteiger partial charge in [0.2, 0.25) is 10.4 Å². The van der Waals surface area contributed by atoms with Crippen molar-refractivity contribution in [3.05, 3.63) is 0 Å². The Morgan fingerprint density at radius 1 is 0.581 bits per heavy atom. The van der Waals surface area contributed by atoms with Crippen LogP contribution in [-0.2, 0) is 14.6 Å². The first-order valence-corrected chi connectivity index (χ1v) is 14.4. The predicted octanol–water partition coefficient (Wildman–Crippen LogP) is 5.32. The van der Waals surface area contributed by atoms with Gasteiger partial charge < -0.3 is 4.55 Å². The van der Waals surface area contributed by atoms with Gasteiger partial charge >= 0.3 is 51.4 Å². The Bertz CT molecular complexity index is 443. The largest absolute Gasteiger partial charge is 1.00 e. The molecule has 0 fully saturated rings. The van der Waals surface area contributed by atoms with Crippen molar-refractivity contribution in [1.29, 1.82) is 0 Å². The number of unbranched alkanes of at least 4 members (excludes halogenated alkanes) is 17. The Morgan fingerprint density at radius 2 is 0.871 bits per heavy atom. The van der Waals surface area contributed by atoms with Crippen molar-refractivity contribution < 1.29 is 68.5 Å². The summed E-state index contributed by atoms with van der Waals surface area (Å²) >= 11 is 0. The molecule has 0 aliphatic heterocycles. The monoisotopic (exact) mass is 486 g/mol. The molecule has 0 aliphatic carbocycles. The van der Waals surface area contributed by atoms with Crippen molar-refractivity contribution in [3.8, 4) is 0 Å². The van der Waals surface area contributed by atoms with Crippen molar-refractivity contribution >= 4 is 10.4 Å². The maximum Gasteiger partial charge on any atom is 1.00 e. The molecule has 0 rings (SSSR count). The fourth-order valence-electron chi connectivity index (χ4n) is 4.15. The van der Waals surface area contributed by atoms with Gasteiger partial charge in [-0.15, -0.1) is 0 Å². The first-order valence-electron chi connectivity index (χ1n) is 13.1. The van der Waals surface area contributed by atoms with Crippen molar-refractivity contribution in [1.82, 2.24) is 0 Å². The van der Waals surface area contributed by atoms with Gasteiger partial charge in [-0.1, -0.05) is 136 Å². The van der Waals surface area contributed by atoms with Crippen LogP contribution in [0.2, 0.25) is 0 Å². The first kappa shape index (κ1) is 34.7. The first-order chi connectivity index (χ1) is 14.5. The fourth-order valence-corrected chi connectivity index (χ4v) is 4.51. The van der Waals surface area contributed by atoms with Crippen LogP contribution in [0.15, 0.2) is 0 Å². The standard InChI is InChI=1S/C25H52O4S.K/c1-3-5-7-9-10-11-12-13-14-15-16-17-19-21-23-25(24-29-30(26,27)28)22-20-18-8-6-4-2;/h25H,3-24H2,1-2H3,(H,26,27,28);/q;+1/p-1. The molecule has 0 saturated heterocycles. The van der Waals surface area contributed by atoms with Crippen LogP contribution in [0.3, 0.4) is 0 Å². The topological polar surface area (TPSA) is 66.4 Å². The third-order valence-corrected chi connectivity index (χ3v) is 6.55. The van der Waals surface area contributed by atoms with Gasteiger partial charge in [0.25, 0.3) is 0 Å². The van der Waals surface area contributed by atoms with Crippen molar-refractivity contribution in [3.63, 3.8) is 0 Å². The van der Waals surface area contributed by atoms with E-state index in [-0.39, 0.29) is 63.9 Å². The summed E-state index contributed by atoms with van der Waals surface area (Å²) in [5.41, 5.74) is 0. The molecule has 31 heavy (non-hydrogen) atoms. The summed E-state index contributed by atoms with van der Waals surface area (Å²) in [7, 11) is -4.57. The Hall–Kier alpha value is 1.51. The molecular formula is C25H51KO4S. The predicted molar refractivity (Wildman–Crippen MR) is 127 cm³/mol. The van der Waals surface area contributed by atoms with Crippen LogP contribution in [0.25, 0.3) is 0 Å². The van der Waals surface area contributed by atoms with E-state index in [1.807, 2.05) is 0 Å². The minimum atomic E-state index is -4.57. The molecular weight excluding hydrogens is 435 g/mol. The van der Waals surface area contributed by atoms with E-state index in [2.05, 4.69) is 18.0 Å². The second kappa shape index (κ2) is 26.1. The smallest absolute Gasteiger partial charge is 0.726 e. The van der Waals surface area contributed by atoms with Crippen LogP contribution in [-0.4, -0.2) is 19.6 Å². The van der Waals surface area contributed by atoms with Gasteiger partial charge in [0.1, 0.15) is 0 Å². The Labute approximate surface area is 237 Å². The van der Waals surface area contributed by atoms with Gasteiger partial charge in [-0.25, -0.2) is 8.42 Å². The minimum absolute atomic E-state index is 0. The maximum atomic E-state index is 10.8. The molecule has 1 unspecified atom stereocenters.